The van der Waals surface area contributed by atoms with Gasteiger partial charge in [0.15, 0.2) is 11.6 Å². The number of halogens is 2. The van der Waals surface area contributed by atoms with Gasteiger partial charge in [0.2, 0.25) is 10.0 Å². The van der Waals surface area contributed by atoms with E-state index in [1.165, 1.54) is 4.31 Å². The van der Waals surface area contributed by atoms with Crippen molar-refractivity contribution in [2.24, 2.45) is 0 Å². The van der Waals surface area contributed by atoms with Gasteiger partial charge in [0.25, 0.3) is 0 Å². The molecule has 1 fully saturated rings. The van der Waals surface area contributed by atoms with Crippen LogP contribution in [0.25, 0.3) is 5.82 Å². The van der Waals surface area contributed by atoms with E-state index in [9.17, 15) is 17.2 Å². The number of aromatic nitrogens is 4. The lowest BCUT2D eigenvalue weighted by molar-refractivity contribution is 0.383. The second kappa shape index (κ2) is 7.84. The zero-order chi connectivity index (χ0) is 20.4. The summed E-state index contributed by atoms with van der Waals surface area (Å²) in [7, 11) is -3.69. The van der Waals surface area contributed by atoms with Gasteiger partial charge in [-0.1, -0.05) is 0 Å². The normalized spacial score (nSPS) is 15.6. The van der Waals surface area contributed by atoms with Crippen molar-refractivity contribution in [3.8, 4) is 5.82 Å². The molecule has 0 bridgehead atoms. The molecule has 0 saturated carbocycles. The fourth-order valence-electron chi connectivity index (χ4n) is 3.20. The highest BCUT2D eigenvalue weighted by atomic mass is 32.2. The fourth-order valence-corrected chi connectivity index (χ4v) is 4.70. The lowest BCUT2D eigenvalue weighted by atomic mass is 10.2. The topological polar surface area (TPSA) is 84.2 Å². The van der Waals surface area contributed by atoms with E-state index < -0.39 is 27.4 Å². The number of rotatable bonds is 5. The van der Waals surface area contributed by atoms with Gasteiger partial charge in [0.1, 0.15) is 11.6 Å². The van der Waals surface area contributed by atoms with E-state index in [-0.39, 0.29) is 18.7 Å². The maximum absolute atomic E-state index is 13.3. The van der Waals surface area contributed by atoms with Crippen molar-refractivity contribution in [1.82, 2.24) is 24.3 Å². The van der Waals surface area contributed by atoms with Crippen LogP contribution >= 0.6 is 0 Å². The zero-order valence-electron chi connectivity index (χ0n) is 15.3. The largest absolute Gasteiger partial charge is 0.352 e. The summed E-state index contributed by atoms with van der Waals surface area (Å²) >= 11 is 0. The second-order valence-corrected chi connectivity index (χ2v) is 8.59. The molecular formula is C18H18F2N6O2S. The highest BCUT2D eigenvalue weighted by Gasteiger charge is 2.28. The van der Waals surface area contributed by atoms with E-state index >= 15 is 0 Å². The van der Waals surface area contributed by atoms with Crippen LogP contribution in [0.15, 0.2) is 48.8 Å². The van der Waals surface area contributed by atoms with Gasteiger partial charge in [-0.3, -0.25) is 0 Å². The lowest BCUT2D eigenvalue weighted by Gasteiger charge is -2.34. The molecule has 0 aliphatic carbocycles. The Balaban J connectivity index is 1.39. The Hall–Kier alpha value is -2.92. The van der Waals surface area contributed by atoms with Crippen LogP contribution in [0.2, 0.25) is 0 Å². The van der Waals surface area contributed by atoms with Crippen LogP contribution < -0.4 is 4.90 Å². The number of sulfonamides is 1. The molecule has 1 saturated heterocycles. The molecule has 0 N–H and O–H groups in total. The number of hydrogen-bond donors (Lipinski definition) is 0. The molecule has 4 rings (SSSR count). The molecule has 3 aromatic rings. The molecule has 1 aliphatic rings. The van der Waals surface area contributed by atoms with Crippen molar-refractivity contribution in [1.29, 1.82) is 0 Å². The molecular weight excluding hydrogens is 402 g/mol. The molecule has 152 valence electrons. The minimum Gasteiger partial charge on any atom is -0.352 e. The third-order valence-electron chi connectivity index (χ3n) is 4.60. The SMILES string of the molecule is O=S(=O)(Cc1cc(F)cc(F)c1)N1CCN(c2ccc(-n3cccn3)nn2)CC1. The lowest BCUT2D eigenvalue weighted by Crippen LogP contribution is -2.49. The van der Waals surface area contributed by atoms with E-state index in [4.69, 9.17) is 0 Å². The molecule has 1 aromatic carbocycles. The molecule has 0 radical (unpaired) electrons. The molecule has 0 spiro atoms. The fraction of sp³-hybridized carbons (Fsp3) is 0.278. The zero-order valence-corrected chi connectivity index (χ0v) is 16.1. The molecule has 0 amide bonds. The quantitative estimate of drug-likeness (QED) is 0.623. The van der Waals surface area contributed by atoms with Crippen molar-refractivity contribution in [3.05, 3.63) is 66.0 Å². The van der Waals surface area contributed by atoms with E-state index in [2.05, 4.69) is 15.3 Å². The van der Waals surface area contributed by atoms with Crippen molar-refractivity contribution in [2.45, 2.75) is 5.75 Å². The molecule has 3 heterocycles. The highest BCUT2D eigenvalue weighted by molar-refractivity contribution is 7.88. The van der Waals surface area contributed by atoms with Crippen LogP contribution in [0.4, 0.5) is 14.6 Å². The van der Waals surface area contributed by atoms with Gasteiger partial charge < -0.3 is 4.90 Å². The number of benzene rings is 1. The first-order valence-electron chi connectivity index (χ1n) is 8.92. The summed E-state index contributed by atoms with van der Waals surface area (Å²) in [6, 6.07) is 8.17. The Morgan fingerprint density at radius 1 is 0.931 bits per heavy atom. The third-order valence-corrected chi connectivity index (χ3v) is 6.45. The second-order valence-electron chi connectivity index (χ2n) is 6.62. The Morgan fingerprint density at radius 3 is 2.17 bits per heavy atom. The maximum Gasteiger partial charge on any atom is 0.218 e. The predicted octanol–water partition coefficient (Wildman–Crippen LogP) is 1.59. The molecule has 2 aromatic heterocycles. The minimum atomic E-state index is -3.69. The summed E-state index contributed by atoms with van der Waals surface area (Å²) in [6.45, 7) is 1.38. The summed E-state index contributed by atoms with van der Waals surface area (Å²) in [4.78, 5) is 1.94. The summed E-state index contributed by atoms with van der Waals surface area (Å²) in [6.07, 6.45) is 3.41. The third kappa shape index (κ3) is 4.40. The van der Waals surface area contributed by atoms with Gasteiger partial charge in [-0.15, -0.1) is 10.2 Å². The van der Waals surface area contributed by atoms with Gasteiger partial charge >= 0.3 is 0 Å². The predicted molar refractivity (Wildman–Crippen MR) is 102 cm³/mol. The average molecular weight is 420 g/mol. The van der Waals surface area contributed by atoms with Crippen molar-refractivity contribution in [3.63, 3.8) is 0 Å². The summed E-state index contributed by atoms with van der Waals surface area (Å²) in [5.74, 6) is -0.804. The van der Waals surface area contributed by atoms with Crippen LogP contribution in [0, 0.1) is 11.6 Å². The van der Waals surface area contributed by atoms with Crippen LogP contribution in [0.3, 0.4) is 0 Å². The van der Waals surface area contributed by atoms with Gasteiger partial charge in [0.05, 0.1) is 5.75 Å². The van der Waals surface area contributed by atoms with E-state index in [1.807, 2.05) is 11.0 Å². The van der Waals surface area contributed by atoms with Crippen LogP contribution in [0.1, 0.15) is 5.56 Å². The van der Waals surface area contributed by atoms with E-state index in [1.54, 1.807) is 29.2 Å². The van der Waals surface area contributed by atoms with Gasteiger partial charge in [0, 0.05) is 44.6 Å². The number of anilines is 1. The summed E-state index contributed by atoms with van der Waals surface area (Å²) in [5.41, 5.74) is 0.0880. The first-order valence-corrected chi connectivity index (χ1v) is 10.5. The van der Waals surface area contributed by atoms with Crippen LogP contribution in [-0.2, 0) is 15.8 Å². The van der Waals surface area contributed by atoms with Crippen molar-refractivity contribution < 1.29 is 17.2 Å². The first kappa shape index (κ1) is 19.4. The Kier molecular flexibility index (Phi) is 5.24. The molecule has 0 atom stereocenters. The standard InChI is InChI=1S/C18H18F2N6O2S/c19-15-10-14(11-16(20)12-15)13-29(27,28)25-8-6-24(7-9-25)17-2-3-18(23-22-17)26-5-1-4-21-26/h1-5,10-12H,6-9,13H2. The average Bonchev–Trinajstić information content (AvgIpc) is 3.22. The van der Waals surface area contributed by atoms with Gasteiger partial charge in [-0.05, 0) is 35.9 Å². The summed E-state index contributed by atoms with van der Waals surface area (Å²) < 4.78 is 54.8. The van der Waals surface area contributed by atoms with Crippen molar-refractivity contribution in [2.75, 3.05) is 31.1 Å². The van der Waals surface area contributed by atoms with Gasteiger partial charge in [-0.2, -0.15) is 9.40 Å². The van der Waals surface area contributed by atoms with Crippen LogP contribution in [0.5, 0.6) is 0 Å². The monoisotopic (exact) mass is 420 g/mol. The number of piperazine rings is 1. The van der Waals surface area contributed by atoms with E-state index in [0.29, 0.717) is 30.8 Å². The smallest absolute Gasteiger partial charge is 0.218 e. The molecule has 8 nitrogen and oxygen atoms in total. The Morgan fingerprint density at radius 2 is 1.59 bits per heavy atom. The molecule has 1 aliphatic heterocycles. The minimum absolute atomic E-state index is 0.0880. The number of hydrogen-bond acceptors (Lipinski definition) is 6. The highest BCUT2D eigenvalue weighted by Crippen LogP contribution is 2.19. The molecule has 11 heteroatoms. The molecule has 29 heavy (non-hydrogen) atoms. The summed E-state index contributed by atoms with van der Waals surface area (Å²) in [5, 5.41) is 12.4. The molecule has 0 unspecified atom stereocenters. The van der Waals surface area contributed by atoms with Gasteiger partial charge in [-0.25, -0.2) is 21.9 Å². The van der Waals surface area contributed by atoms with Crippen LogP contribution in [-0.4, -0.2) is 58.9 Å². The van der Waals surface area contributed by atoms with E-state index in [0.717, 1.165) is 12.1 Å². The Labute approximate surface area is 166 Å². The maximum atomic E-state index is 13.3. The first-order chi connectivity index (χ1) is 13.9. The van der Waals surface area contributed by atoms with Crippen molar-refractivity contribution >= 4 is 15.8 Å². The Bertz CT molecular complexity index is 1060. The number of nitrogens with zero attached hydrogens (tertiary/aromatic N) is 6.